The number of amides is 1. The number of halogens is 1. The average molecular weight is 448 g/mol. The molecule has 5 rings (SSSR count). The van der Waals surface area contributed by atoms with Gasteiger partial charge in [-0.3, -0.25) is 4.79 Å². The van der Waals surface area contributed by atoms with Crippen LogP contribution in [-0.2, 0) is 4.79 Å². The topological polar surface area (TPSA) is 47.4 Å². The summed E-state index contributed by atoms with van der Waals surface area (Å²) in [4.78, 5) is 19.9. The first kappa shape index (κ1) is 20.8. The summed E-state index contributed by atoms with van der Waals surface area (Å²) in [5.74, 6) is 0.894. The molecule has 0 N–H and O–H groups in total. The Morgan fingerprint density at radius 3 is 2.66 bits per heavy atom. The maximum atomic E-state index is 13.5. The number of imidazole rings is 1. The van der Waals surface area contributed by atoms with Crippen LogP contribution in [0.1, 0.15) is 48.5 Å². The minimum absolute atomic E-state index is 0.120. The Morgan fingerprint density at radius 2 is 1.94 bits per heavy atom. The lowest BCUT2D eigenvalue weighted by atomic mass is 9.95. The van der Waals surface area contributed by atoms with Crippen molar-refractivity contribution in [2.24, 2.45) is 0 Å². The van der Waals surface area contributed by atoms with E-state index >= 15 is 0 Å². The number of methoxy groups -OCH3 is 1. The maximum absolute atomic E-state index is 13.5. The van der Waals surface area contributed by atoms with Gasteiger partial charge in [0.25, 0.3) is 5.91 Å². The highest BCUT2D eigenvalue weighted by Crippen LogP contribution is 2.42. The van der Waals surface area contributed by atoms with E-state index in [9.17, 15) is 4.79 Å². The molecule has 2 atom stereocenters. The SMILES string of the molecule is COc1cc(C=C2CC[C@@H]3CC[C@@H](c4ccc(Cl)cc4)N3C2=O)ccc1-n1cnc(C)c1. The largest absolute Gasteiger partial charge is 0.495 e. The highest BCUT2D eigenvalue weighted by atomic mass is 35.5. The molecular weight excluding hydrogens is 422 g/mol. The minimum Gasteiger partial charge on any atom is -0.495 e. The fourth-order valence-corrected chi connectivity index (χ4v) is 5.09. The summed E-state index contributed by atoms with van der Waals surface area (Å²) in [5, 5.41) is 0.720. The summed E-state index contributed by atoms with van der Waals surface area (Å²) >= 11 is 6.07. The van der Waals surface area contributed by atoms with Crippen molar-refractivity contribution < 1.29 is 9.53 Å². The van der Waals surface area contributed by atoms with Gasteiger partial charge in [0.15, 0.2) is 0 Å². The fourth-order valence-electron chi connectivity index (χ4n) is 4.97. The highest BCUT2D eigenvalue weighted by Gasteiger charge is 2.41. The van der Waals surface area contributed by atoms with Gasteiger partial charge < -0.3 is 14.2 Å². The third-order valence-corrected chi connectivity index (χ3v) is 6.80. The summed E-state index contributed by atoms with van der Waals surface area (Å²) in [7, 11) is 1.66. The number of hydrogen-bond donors (Lipinski definition) is 0. The van der Waals surface area contributed by atoms with E-state index in [4.69, 9.17) is 16.3 Å². The predicted octanol–water partition coefficient (Wildman–Crippen LogP) is 5.75. The Hall–Kier alpha value is -3.05. The number of fused-ring (bicyclic) bond motifs is 1. The minimum atomic E-state index is 0.120. The Morgan fingerprint density at radius 1 is 1.12 bits per heavy atom. The van der Waals surface area contributed by atoms with Gasteiger partial charge in [-0.2, -0.15) is 0 Å². The van der Waals surface area contributed by atoms with Gasteiger partial charge in [-0.1, -0.05) is 29.8 Å². The molecule has 0 saturated carbocycles. The van der Waals surface area contributed by atoms with Crippen molar-refractivity contribution in [3.8, 4) is 11.4 Å². The third-order valence-electron chi connectivity index (χ3n) is 6.55. The predicted molar refractivity (Wildman–Crippen MR) is 126 cm³/mol. The normalized spacial score (nSPS) is 21.8. The molecule has 0 spiro atoms. The number of benzene rings is 2. The molecule has 3 aromatic rings. The Bertz CT molecular complexity index is 1180. The summed E-state index contributed by atoms with van der Waals surface area (Å²) in [6.07, 6.45) is 9.62. The van der Waals surface area contributed by atoms with Crippen LogP contribution in [0.3, 0.4) is 0 Å². The summed E-state index contributed by atoms with van der Waals surface area (Å²) in [5.41, 5.74) is 4.85. The van der Waals surface area contributed by atoms with Crippen molar-refractivity contribution in [2.45, 2.75) is 44.7 Å². The molecule has 164 valence electrons. The number of carbonyl (C=O) groups is 1. The number of nitrogens with zero attached hydrogens (tertiary/aromatic N) is 3. The molecule has 6 heteroatoms. The summed E-state index contributed by atoms with van der Waals surface area (Å²) in [6.45, 7) is 1.96. The van der Waals surface area contributed by atoms with Crippen molar-refractivity contribution in [3.63, 3.8) is 0 Å². The van der Waals surface area contributed by atoms with Crippen LogP contribution in [0.25, 0.3) is 11.8 Å². The number of rotatable bonds is 4. The van der Waals surface area contributed by atoms with E-state index in [0.717, 1.165) is 64.5 Å². The van der Waals surface area contributed by atoms with Gasteiger partial charge in [-0.15, -0.1) is 0 Å². The van der Waals surface area contributed by atoms with Crippen LogP contribution in [0.4, 0.5) is 0 Å². The third kappa shape index (κ3) is 3.82. The summed E-state index contributed by atoms with van der Waals surface area (Å²) < 4.78 is 7.58. The van der Waals surface area contributed by atoms with E-state index in [1.54, 1.807) is 13.4 Å². The highest BCUT2D eigenvalue weighted by molar-refractivity contribution is 6.30. The van der Waals surface area contributed by atoms with E-state index in [1.807, 2.05) is 66.2 Å². The van der Waals surface area contributed by atoms with Gasteiger partial charge in [0, 0.05) is 22.8 Å². The molecule has 2 aliphatic heterocycles. The molecule has 2 aliphatic rings. The number of hydrogen-bond acceptors (Lipinski definition) is 3. The fraction of sp³-hybridized carbons (Fsp3) is 0.308. The van der Waals surface area contributed by atoms with E-state index in [-0.39, 0.29) is 11.9 Å². The number of ether oxygens (including phenoxy) is 1. The standard InChI is InChI=1S/C26H26ClN3O2/c1-17-15-29(16-28-17)24-11-3-18(14-25(24)32-2)13-20-6-9-22-10-12-23(30(22)26(20)31)19-4-7-21(27)8-5-19/h3-5,7-8,11,13-16,22-23H,6,9-10,12H2,1-2H3/t22-,23+/m1/s1. The van der Waals surface area contributed by atoms with E-state index in [0.29, 0.717) is 6.04 Å². The zero-order valence-corrected chi connectivity index (χ0v) is 19.0. The van der Waals surface area contributed by atoms with Gasteiger partial charge in [0.05, 0.1) is 30.9 Å². The Kier molecular flexibility index (Phi) is 5.51. The second-order valence-electron chi connectivity index (χ2n) is 8.57. The lowest BCUT2D eigenvalue weighted by Crippen LogP contribution is -2.41. The molecule has 0 bridgehead atoms. The average Bonchev–Trinajstić information content (AvgIpc) is 3.43. The van der Waals surface area contributed by atoms with Gasteiger partial charge in [0.2, 0.25) is 0 Å². The van der Waals surface area contributed by atoms with Crippen molar-refractivity contribution in [1.29, 1.82) is 0 Å². The van der Waals surface area contributed by atoms with Gasteiger partial charge in [-0.05, 0) is 74.1 Å². The monoisotopic (exact) mass is 447 g/mol. The van der Waals surface area contributed by atoms with Crippen molar-refractivity contribution in [2.75, 3.05) is 7.11 Å². The molecular formula is C26H26ClN3O2. The number of aromatic nitrogens is 2. The van der Waals surface area contributed by atoms with Crippen LogP contribution < -0.4 is 4.74 Å². The molecule has 2 aromatic carbocycles. The first-order valence-electron chi connectivity index (χ1n) is 11.0. The zero-order chi connectivity index (χ0) is 22.2. The van der Waals surface area contributed by atoms with Crippen molar-refractivity contribution >= 4 is 23.6 Å². The number of carbonyl (C=O) groups excluding carboxylic acids is 1. The Balaban J connectivity index is 1.43. The van der Waals surface area contributed by atoms with Crippen molar-refractivity contribution in [3.05, 3.63) is 82.4 Å². The van der Waals surface area contributed by atoms with Crippen LogP contribution in [0, 0.1) is 6.92 Å². The maximum Gasteiger partial charge on any atom is 0.250 e. The second-order valence-corrected chi connectivity index (χ2v) is 9.01. The molecule has 0 unspecified atom stereocenters. The first-order valence-corrected chi connectivity index (χ1v) is 11.4. The summed E-state index contributed by atoms with van der Waals surface area (Å²) in [6, 6.07) is 14.4. The first-order chi connectivity index (χ1) is 15.5. The number of aryl methyl sites for hydroxylation is 1. The van der Waals surface area contributed by atoms with Crippen LogP contribution in [0.15, 0.2) is 60.6 Å². The van der Waals surface area contributed by atoms with Gasteiger partial charge in [0.1, 0.15) is 5.75 Å². The van der Waals surface area contributed by atoms with E-state index in [1.165, 1.54) is 0 Å². The van der Waals surface area contributed by atoms with Crippen LogP contribution >= 0.6 is 11.6 Å². The molecule has 5 nitrogen and oxygen atoms in total. The van der Waals surface area contributed by atoms with Crippen molar-refractivity contribution in [1.82, 2.24) is 14.5 Å². The van der Waals surface area contributed by atoms with E-state index < -0.39 is 0 Å². The van der Waals surface area contributed by atoms with Crippen LogP contribution in [0.5, 0.6) is 5.75 Å². The molecule has 1 amide bonds. The molecule has 2 saturated heterocycles. The quantitative estimate of drug-likeness (QED) is 0.478. The molecule has 0 radical (unpaired) electrons. The molecule has 0 aliphatic carbocycles. The van der Waals surface area contributed by atoms with Gasteiger partial charge in [-0.25, -0.2) is 4.98 Å². The van der Waals surface area contributed by atoms with Crippen LogP contribution in [0.2, 0.25) is 5.02 Å². The Labute approximate surface area is 193 Å². The van der Waals surface area contributed by atoms with Crippen LogP contribution in [-0.4, -0.2) is 33.5 Å². The van der Waals surface area contributed by atoms with E-state index in [2.05, 4.69) is 9.88 Å². The molecule has 32 heavy (non-hydrogen) atoms. The second kappa shape index (κ2) is 8.47. The lowest BCUT2D eigenvalue weighted by Gasteiger charge is -2.35. The lowest BCUT2D eigenvalue weighted by molar-refractivity contribution is -0.131. The number of piperidine rings is 1. The molecule has 2 fully saturated rings. The molecule has 3 heterocycles. The zero-order valence-electron chi connectivity index (χ0n) is 18.3. The van der Waals surface area contributed by atoms with Gasteiger partial charge >= 0.3 is 0 Å². The molecule has 1 aromatic heterocycles. The smallest absolute Gasteiger partial charge is 0.250 e.